The molecule has 4 nitrogen and oxygen atoms in total. The lowest BCUT2D eigenvalue weighted by Crippen LogP contribution is -2.00. The van der Waals surface area contributed by atoms with Crippen molar-refractivity contribution in [3.63, 3.8) is 0 Å². The van der Waals surface area contributed by atoms with E-state index in [9.17, 15) is 9.90 Å². The zero-order valence-corrected chi connectivity index (χ0v) is 10.8. The van der Waals surface area contributed by atoms with Crippen LogP contribution in [-0.4, -0.2) is 20.9 Å². The van der Waals surface area contributed by atoms with Gasteiger partial charge >= 0.3 is 5.97 Å². The highest BCUT2D eigenvalue weighted by molar-refractivity contribution is 5.96. The van der Waals surface area contributed by atoms with Crippen LogP contribution in [0.1, 0.15) is 28.5 Å². The molecule has 0 spiro atoms. The molecular formula is C14H16N2O2. The van der Waals surface area contributed by atoms with Crippen molar-refractivity contribution in [2.24, 2.45) is 0 Å². The summed E-state index contributed by atoms with van der Waals surface area (Å²) in [5.41, 5.74) is 3.73. The van der Waals surface area contributed by atoms with E-state index in [1.807, 2.05) is 43.8 Å². The van der Waals surface area contributed by atoms with E-state index in [-0.39, 0.29) is 0 Å². The number of rotatable bonds is 3. The Morgan fingerprint density at radius 1 is 1.33 bits per heavy atom. The first-order valence-electron chi connectivity index (χ1n) is 5.91. The Labute approximate surface area is 106 Å². The Kier molecular flexibility index (Phi) is 3.19. The molecule has 0 bridgehead atoms. The van der Waals surface area contributed by atoms with Crippen LogP contribution in [0.15, 0.2) is 24.4 Å². The summed E-state index contributed by atoms with van der Waals surface area (Å²) in [6, 6.07) is 5.47. The Hall–Kier alpha value is -2.10. The van der Waals surface area contributed by atoms with Crippen molar-refractivity contribution in [1.82, 2.24) is 9.78 Å². The van der Waals surface area contributed by atoms with E-state index < -0.39 is 5.97 Å². The molecule has 0 atom stereocenters. The second kappa shape index (κ2) is 4.64. The number of aromatic carboxylic acids is 1. The SMILES string of the molecule is CCn1cc(-c2ccc(C)cc2C(=O)O)c(C)n1. The first kappa shape index (κ1) is 12.4. The van der Waals surface area contributed by atoms with Crippen LogP contribution in [0.25, 0.3) is 11.1 Å². The van der Waals surface area contributed by atoms with Gasteiger partial charge in [0, 0.05) is 18.3 Å². The molecular weight excluding hydrogens is 228 g/mol. The fraction of sp³-hybridized carbons (Fsp3) is 0.286. The number of carboxylic acids is 1. The molecule has 2 rings (SSSR count). The summed E-state index contributed by atoms with van der Waals surface area (Å²) in [4.78, 5) is 11.3. The highest BCUT2D eigenvalue weighted by atomic mass is 16.4. The summed E-state index contributed by atoms with van der Waals surface area (Å²) in [6.45, 7) is 6.56. The molecule has 1 heterocycles. The molecule has 0 saturated heterocycles. The first-order valence-corrected chi connectivity index (χ1v) is 5.91. The number of benzene rings is 1. The second-order valence-electron chi connectivity index (χ2n) is 4.34. The smallest absolute Gasteiger partial charge is 0.336 e. The molecule has 1 aromatic carbocycles. The normalized spacial score (nSPS) is 10.6. The molecule has 0 unspecified atom stereocenters. The van der Waals surface area contributed by atoms with Crippen molar-refractivity contribution in [3.8, 4) is 11.1 Å². The van der Waals surface area contributed by atoms with Gasteiger partial charge in [0.15, 0.2) is 0 Å². The number of nitrogens with zero attached hydrogens (tertiary/aromatic N) is 2. The molecule has 0 aliphatic carbocycles. The van der Waals surface area contributed by atoms with E-state index in [1.165, 1.54) is 0 Å². The molecule has 0 amide bonds. The zero-order chi connectivity index (χ0) is 13.3. The minimum Gasteiger partial charge on any atom is -0.478 e. The Morgan fingerprint density at radius 3 is 2.61 bits per heavy atom. The molecule has 0 aliphatic heterocycles. The van der Waals surface area contributed by atoms with Crippen LogP contribution in [0.5, 0.6) is 0 Å². The number of aromatic nitrogens is 2. The van der Waals surface area contributed by atoms with Gasteiger partial charge in [0.05, 0.1) is 11.3 Å². The van der Waals surface area contributed by atoms with Gasteiger partial charge in [0.25, 0.3) is 0 Å². The minimum atomic E-state index is -0.905. The molecule has 0 fully saturated rings. The van der Waals surface area contributed by atoms with Crippen LogP contribution in [-0.2, 0) is 6.54 Å². The summed E-state index contributed by atoms with van der Waals surface area (Å²) < 4.78 is 1.82. The molecule has 1 aromatic heterocycles. The fourth-order valence-corrected chi connectivity index (χ4v) is 2.01. The fourth-order valence-electron chi connectivity index (χ4n) is 2.01. The van der Waals surface area contributed by atoms with Gasteiger partial charge in [-0.1, -0.05) is 17.7 Å². The highest BCUT2D eigenvalue weighted by Crippen LogP contribution is 2.27. The highest BCUT2D eigenvalue weighted by Gasteiger charge is 2.15. The first-order chi connectivity index (χ1) is 8.52. The van der Waals surface area contributed by atoms with E-state index in [1.54, 1.807) is 6.07 Å². The summed E-state index contributed by atoms with van der Waals surface area (Å²) in [7, 11) is 0. The lowest BCUT2D eigenvalue weighted by atomic mass is 9.98. The molecule has 1 N–H and O–H groups in total. The third kappa shape index (κ3) is 2.14. The van der Waals surface area contributed by atoms with Crippen molar-refractivity contribution in [3.05, 3.63) is 41.2 Å². The molecule has 0 saturated carbocycles. The van der Waals surface area contributed by atoms with Crippen molar-refractivity contribution < 1.29 is 9.90 Å². The Morgan fingerprint density at radius 2 is 2.06 bits per heavy atom. The van der Waals surface area contributed by atoms with E-state index in [0.29, 0.717) is 5.56 Å². The molecule has 0 radical (unpaired) electrons. The van der Waals surface area contributed by atoms with E-state index in [0.717, 1.165) is 28.9 Å². The standard InChI is InChI=1S/C14H16N2O2/c1-4-16-8-13(10(3)15-16)11-6-5-9(2)7-12(11)14(17)18/h5-8H,4H2,1-3H3,(H,17,18). The predicted octanol–water partition coefficient (Wildman–Crippen LogP) is 2.89. The van der Waals surface area contributed by atoms with Gasteiger partial charge in [-0.2, -0.15) is 5.10 Å². The maximum absolute atomic E-state index is 11.3. The molecule has 2 aromatic rings. The summed E-state index contributed by atoms with van der Waals surface area (Å²) in [6.07, 6.45) is 1.90. The molecule has 18 heavy (non-hydrogen) atoms. The second-order valence-corrected chi connectivity index (χ2v) is 4.34. The van der Waals surface area contributed by atoms with Crippen LogP contribution in [0.3, 0.4) is 0 Å². The van der Waals surface area contributed by atoms with Crippen LogP contribution in [0.4, 0.5) is 0 Å². The van der Waals surface area contributed by atoms with E-state index >= 15 is 0 Å². The molecule has 0 aliphatic rings. The summed E-state index contributed by atoms with van der Waals surface area (Å²) >= 11 is 0. The van der Waals surface area contributed by atoms with Gasteiger partial charge in [0.1, 0.15) is 0 Å². The zero-order valence-electron chi connectivity index (χ0n) is 10.8. The predicted molar refractivity (Wildman–Crippen MR) is 69.8 cm³/mol. The van der Waals surface area contributed by atoms with Crippen molar-refractivity contribution in [2.75, 3.05) is 0 Å². The maximum atomic E-state index is 11.3. The average Bonchev–Trinajstić information content (AvgIpc) is 2.70. The third-order valence-electron chi connectivity index (χ3n) is 2.97. The summed E-state index contributed by atoms with van der Waals surface area (Å²) in [5.74, 6) is -0.905. The van der Waals surface area contributed by atoms with E-state index in [2.05, 4.69) is 5.10 Å². The molecule has 4 heteroatoms. The average molecular weight is 244 g/mol. The minimum absolute atomic E-state index is 0.328. The lowest BCUT2D eigenvalue weighted by Gasteiger charge is -2.06. The van der Waals surface area contributed by atoms with Gasteiger partial charge in [0.2, 0.25) is 0 Å². The molecule has 94 valence electrons. The van der Waals surface area contributed by atoms with Crippen LogP contribution < -0.4 is 0 Å². The Bertz CT molecular complexity index is 600. The number of hydrogen-bond donors (Lipinski definition) is 1. The van der Waals surface area contributed by atoms with Gasteiger partial charge in [-0.3, -0.25) is 4.68 Å². The van der Waals surface area contributed by atoms with Crippen molar-refractivity contribution in [2.45, 2.75) is 27.3 Å². The third-order valence-corrected chi connectivity index (χ3v) is 2.97. The maximum Gasteiger partial charge on any atom is 0.336 e. The van der Waals surface area contributed by atoms with Gasteiger partial charge in [-0.05, 0) is 32.4 Å². The van der Waals surface area contributed by atoms with Crippen molar-refractivity contribution in [1.29, 1.82) is 0 Å². The number of hydrogen-bond acceptors (Lipinski definition) is 2. The van der Waals surface area contributed by atoms with Crippen LogP contribution >= 0.6 is 0 Å². The number of carbonyl (C=O) groups is 1. The van der Waals surface area contributed by atoms with Crippen molar-refractivity contribution >= 4 is 5.97 Å². The van der Waals surface area contributed by atoms with Crippen LogP contribution in [0, 0.1) is 13.8 Å². The summed E-state index contributed by atoms with van der Waals surface area (Å²) in [5, 5.41) is 13.6. The Balaban J connectivity index is 2.62. The van der Waals surface area contributed by atoms with Gasteiger partial charge < -0.3 is 5.11 Å². The van der Waals surface area contributed by atoms with Gasteiger partial charge in [-0.15, -0.1) is 0 Å². The van der Waals surface area contributed by atoms with Gasteiger partial charge in [-0.25, -0.2) is 4.79 Å². The quantitative estimate of drug-likeness (QED) is 0.903. The largest absolute Gasteiger partial charge is 0.478 e. The topological polar surface area (TPSA) is 55.1 Å². The van der Waals surface area contributed by atoms with E-state index in [4.69, 9.17) is 0 Å². The lowest BCUT2D eigenvalue weighted by molar-refractivity contribution is 0.0697. The number of carboxylic acid groups (broad SMARTS) is 1. The monoisotopic (exact) mass is 244 g/mol. The number of aryl methyl sites for hydroxylation is 3. The van der Waals surface area contributed by atoms with Crippen LogP contribution in [0.2, 0.25) is 0 Å².